The number of hydrogen-bond donors (Lipinski definition) is 1. The van der Waals surface area contributed by atoms with Gasteiger partial charge >= 0.3 is 5.97 Å². The molecule has 78 valence electrons. The minimum Gasteiger partial charge on any atom is -0.481 e. The summed E-state index contributed by atoms with van der Waals surface area (Å²) in [4.78, 5) is 11.7. The van der Waals surface area contributed by atoms with Gasteiger partial charge in [0.1, 0.15) is 0 Å². The van der Waals surface area contributed by atoms with Crippen LogP contribution in [0.2, 0.25) is 0 Å². The lowest BCUT2D eigenvalue weighted by molar-refractivity contribution is -0.140. The predicted octanol–water partition coefficient (Wildman–Crippen LogP) is 1.62. The highest BCUT2D eigenvalue weighted by molar-refractivity contribution is 8.00. The lowest BCUT2D eigenvalue weighted by atomic mass is 10.1. The summed E-state index contributed by atoms with van der Waals surface area (Å²) < 4.78 is 1.71. The molecule has 0 radical (unpaired) electrons. The maximum Gasteiger partial charge on any atom is 0.307 e. The van der Waals surface area contributed by atoms with E-state index in [2.05, 4.69) is 5.10 Å². The SMILES string of the molecule is CC(Sc1cnn(C)c1)C(C)C(=O)O. The molecule has 1 heterocycles. The second-order valence-corrected chi connectivity index (χ2v) is 4.75. The fourth-order valence-electron chi connectivity index (χ4n) is 0.977. The van der Waals surface area contributed by atoms with E-state index in [-0.39, 0.29) is 11.2 Å². The first-order chi connectivity index (χ1) is 6.50. The molecule has 0 fully saturated rings. The number of nitrogens with zero attached hydrogens (tertiary/aromatic N) is 2. The molecule has 1 aromatic rings. The Kier molecular flexibility index (Phi) is 3.57. The largest absolute Gasteiger partial charge is 0.481 e. The molecule has 2 unspecified atom stereocenters. The zero-order valence-electron chi connectivity index (χ0n) is 8.47. The fraction of sp³-hybridized carbons (Fsp3) is 0.556. The first-order valence-electron chi connectivity index (χ1n) is 4.39. The molecule has 5 heteroatoms. The average Bonchev–Trinajstić information content (AvgIpc) is 2.49. The molecular weight excluding hydrogens is 200 g/mol. The maximum absolute atomic E-state index is 10.7. The highest BCUT2D eigenvalue weighted by atomic mass is 32.2. The predicted molar refractivity (Wildman–Crippen MR) is 55.3 cm³/mol. The summed E-state index contributed by atoms with van der Waals surface area (Å²) in [5.74, 6) is -1.10. The van der Waals surface area contributed by atoms with Gasteiger partial charge in [0.25, 0.3) is 0 Å². The Labute approximate surface area is 87.3 Å². The van der Waals surface area contributed by atoms with E-state index in [4.69, 9.17) is 5.11 Å². The number of aryl methyl sites for hydroxylation is 1. The van der Waals surface area contributed by atoms with Crippen LogP contribution in [0.4, 0.5) is 0 Å². The van der Waals surface area contributed by atoms with Crippen LogP contribution >= 0.6 is 11.8 Å². The van der Waals surface area contributed by atoms with Gasteiger partial charge in [0, 0.05) is 23.4 Å². The smallest absolute Gasteiger partial charge is 0.307 e. The minimum atomic E-state index is -0.756. The molecule has 0 aliphatic rings. The minimum absolute atomic E-state index is 0.0525. The molecule has 1 N–H and O–H groups in total. The van der Waals surface area contributed by atoms with Gasteiger partial charge in [-0.3, -0.25) is 9.48 Å². The summed E-state index contributed by atoms with van der Waals surface area (Å²) in [6.45, 7) is 3.63. The van der Waals surface area contributed by atoms with Crippen LogP contribution in [0.25, 0.3) is 0 Å². The highest BCUT2D eigenvalue weighted by Gasteiger charge is 2.20. The first kappa shape index (κ1) is 11.1. The van der Waals surface area contributed by atoms with E-state index in [0.717, 1.165) is 4.90 Å². The number of thioether (sulfide) groups is 1. The molecular formula is C9H14N2O2S. The summed E-state index contributed by atoms with van der Waals surface area (Å²) >= 11 is 1.54. The van der Waals surface area contributed by atoms with Crippen LogP contribution in [0.3, 0.4) is 0 Å². The molecule has 0 aromatic carbocycles. The van der Waals surface area contributed by atoms with E-state index in [1.165, 1.54) is 11.8 Å². The molecule has 0 spiro atoms. The van der Waals surface area contributed by atoms with Crippen LogP contribution in [0, 0.1) is 5.92 Å². The van der Waals surface area contributed by atoms with E-state index in [9.17, 15) is 4.79 Å². The zero-order valence-corrected chi connectivity index (χ0v) is 9.28. The zero-order chi connectivity index (χ0) is 10.7. The Morgan fingerprint density at radius 3 is 2.71 bits per heavy atom. The molecule has 0 aliphatic carbocycles. The standard InChI is InChI=1S/C9H14N2O2S/c1-6(9(12)13)7(2)14-8-4-10-11(3)5-8/h4-7H,1-3H3,(H,12,13). The van der Waals surface area contributed by atoms with Crippen molar-refractivity contribution in [1.29, 1.82) is 0 Å². The number of rotatable bonds is 4. The van der Waals surface area contributed by atoms with Crippen molar-refractivity contribution in [2.45, 2.75) is 24.0 Å². The summed E-state index contributed by atoms with van der Waals surface area (Å²) in [5.41, 5.74) is 0. The maximum atomic E-state index is 10.7. The van der Waals surface area contributed by atoms with Gasteiger partial charge in [-0.25, -0.2) is 0 Å². The number of carboxylic acids is 1. The monoisotopic (exact) mass is 214 g/mol. The van der Waals surface area contributed by atoms with Crippen molar-refractivity contribution in [2.75, 3.05) is 0 Å². The van der Waals surface area contributed by atoms with Gasteiger partial charge in [0.05, 0.1) is 12.1 Å². The van der Waals surface area contributed by atoms with Gasteiger partial charge in [-0.05, 0) is 0 Å². The topological polar surface area (TPSA) is 55.1 Å². The third-order valence-electron chi connectivity index (χ3n) is 2.10. The van der Waals surface area contributed by atoms with Crippen molar-refractivity contribution in [3.05, 3.63) is 12.4 Å². The fourth-order valence-corrected chi connectivity index (χ4v) is 2.05. The van der Waals surface area contributed by atoms with Crippen LogP contribution in [0.5, 0.6) is 0 Å². The molecule has 4 nitrogen and oxygen atoms in total. The molecule has 0 bridgehead atoms. The van der Waals surface area contributed by atoms with Crippen LogP contribution < -0.4 is 0 Å². The highest BCUT2D eigenvalue weighted by Crippen LogP contribution is 2.27. The van der Waals surface area contributed by atoms with Gasteiger partial charge in [-0.2, -0.15) is 5.10 Å². The van der Waals surface area contributed by atoms with Gasteiger partial charge in [-0.1, -0.05) is 13.8 Å². The lowest BCUT2D eigenvalue weighted by Gasteiger charge is -2.13. The third-order valence-corrected chi connectivity index (χ3v) is 3.36. The van der Waals surface area contributed by atoms with Crippen molar-refractivity contribution < 1.29 is 9.90 Å². The van der Waals surface area contributed by atoms with Crippen LogP contribution in [-0.2, 0) is 11.8 Å². The molecule has 2 atom stereocenters. The number of carbonyl (C=O) groups is 1. The van der Waals surface area contributed by atoms with E-state index >= 15 is 0 Å². The summed E-state index contributed by atoms with van der Waals surface area (Å²) in [6.07, 6.45) is 3.63. The quantitative estimate of drug-likeness (QED) is 0.774. The van der Waals surface area contributed by atoms with Gasteiger partial charge in [0.2, 0.25) is 0 Å². The van der Waals surface area contributed by atoms with Crippen LogP contribution in [-0.4, -0.2) is 26.1 Å². The molecule has 0 amide bonds. The van der Waals surface area contributed by atoms with Crippen molar-refractivity contribution in [2.24, 2.45) is 13.0 Å². The molecule has 1 aromatic heterocycles. The van der Waals surface area contributed by atoms with Crippen molar-refractivity contribution in [3.63, 3.8) is 0 Å². The molecule has 0 saturated carbocycles. The van der Waals surface area contributed by atoms with Crippen LogP contribution in [0.15, 0.2) is 17.3 Å². The Balaban J connectivity index is 2.56. The van der Waals surface area contributed by atoms with Crippen molar-refractivity contribution in [1.82, 2.24) is 9.78 Å². The van der Waals surface area contributed by atoms with Gasteiger partial charge < -0.3 is 5.11 Å². The third kappa shape index (κ3) is 2.77. The molecule has 1 rings (SSSR count). The van der Waals surface area contributed by atoms with Crippen molar-refractivity contribution >= 4 is 17.7 Å². The van der Waals surface area contributed by atoms with E-state index in [1.54, 1.807) is 17.8 Å². The summed E-state index contributed by atoms with van der Waals surface area (Å²) in [7, 11) is 1.84. The first-order valence-corrected chi connectivity index (χ1v) is 5.26. The molecule has 0 saturated heterocycles. The normalized spacial score (nSPS) is 15.1. The number of aromatic nitrogens is 2. The Morgan fingerprint density at radius 1 is 1.64 bits per heavy atom. The lowest BCUT2D eigenvalue weighted by Crippen LogP contribution is -2.19. The van der Waals surface area contributed by atoms with Gasteiger partial charge in [0.15, 0.2) is 0 Å². The Hall–Kier alpha value is -0.970. The second kappa shape index (κ2) is 4.50. The van der Waals surface area contributed by atoms with Crippen LogP contribution in [0.1, 0.15) is 13.8 Å². The Morgan fingerprint density at radius 2 is 2.29 bits per heavy atom. The number of hydrogen-bond acceptors (Lipinski definition) is 3. The Bertz CT molecular complexity index is 324. The van der Waals surface area contributed by atoms with Crippen molar-refractivity contribution in [3.8, 4) is 0 Å². The second-order valence-electron chi connectivity index (χ2n) is 3.30. The average molecular weight is 214 g/mol. The summed E-state index contributed by atoms with van der Waals surface area (Å²) in [5, 5.41) is 12.9. The van der Waals surface area contributed by atoms with Gasteiger partial charge in [-0.15, -0.1) is 11.8 Å². The molecule has 14 heavy (non-hydrogen) atoms. The number of aliphatic carboxylic acids is 1. The van der Waals surface area contributed by atoms with E-state index in [1.807, 2.05) is 20.2 Å². The number of carboxylic acid groups (broad SMARTS) is 1. The summed E-state index contributed by atoms with van der Waals surface area (Å²) in [6, 6.07) is 0. The molecule has 0 aliphatic heterocycles. The van der Waals surface area contributed by atoms with E-state index in [0.29, 0.717) is 0 Å². The van der Waals surface area contributed by atoms with E-state index < -0.39 is 5.97 Å².